The van der Waals surface area contributed by atoms with Crippen molar-refractivity contribution in [3.63, 3.8) is 0 Å². The number of piperidine rings is 1. The summed E-state index contributed by atoms with van der Waals surface area (Å²) >= 11 is 0. The van der Waals surface area contributed by atoms with Gasteiger partial charge >= 0.3 is 6.18 Å². The highest BCUT2D eigenvalue weighted by molar-refractivity contribution is 5.82. The van der Waals surface area contributed by atoms with Crippen molar-refractivity contribution in [1.29, 1.82) is 0 Å². The van der Waals surface area contributed by atoms with E-state index in [9.17, 15) is 22.8 Å². The van der Waals surface area contributed by atoms with Gasteiger partial charge in [-0.3, -0.25) is 14.5 Å². The fraction of sp³-hybridized carbons (Fsp3) is 0.818. The van der Waals surface area contributed by atoms with Gasteiger partial charge in [0.1, 0.15) is 6.54 Å². The molecule has 1 atom stereocenters. The van der Waals surface area contributed by atoms with E-state index in [1.807, 2.05) is 0 Å². The predicted molar refractivity (Wildman–Crippen MR) is 62.1 cm³/mol. The highest BCUT2D eigenvalue weighted by Crippen LogP contribution is 2.18. The van der Waals surface area contributed by atoms with Gasteiger partial charge in [0.15, 0.2) is 0 Å². The number of carbonyl (C=O) groups is 2. The number of primary amides is 1. The van der Waals surface area contributed by atoms with Crippen molar-refractivity contribution >= 4 is 11.8 Å². The van der Waals surface area contributed by atoms with Crippen molar-refractivity contribution < 1.29 is 22.8 Å². The third-order valence-corrected chi connectivity index (χ3v) is 3.12. The van der Waals surface area contributed by atoms with Crippen LogP contribution in [0.25, 0.3) is 0 Å². The maximum atomic E-state index is 12.2. The fourth-order valence-corrected chi connectivity index (χ4v) is 2.15. The molecule has 1 rings (SSSR count). The molecule has 0 radical (unpaired) electrons. The summed E-state index contributed by atoms with van der Waals surface area (Å²) in [5.41, 5.74) is 5.23. The van der Waals surface area contributed by atoms with E-state index in [1.54, 1.807) is 4.90 Å². The molecular weight excluding hydrogens is 263 g/mol. The molecule has 0 aromatic heterocycles. The highest BCUT2D eigenvalue weighted by atomic mass is 19.4. The Morgan fingerprint density at radius 3 is 2.53 bits per heavy atom. The molecule has 0 bridgehead atoms. The zero-order chi connectivity index (χ0) is 14.6. The van der Waals surface area contributed by atoms with Crippen LogP contribution in [0.15, 0.2) is 0 Å². The molecule has 0 aromatic carbocycles. The number of alkyl halides is 3. The first-order chi connectivity index (χ1) is 8.70. The van der Waals surface area contributed by atoms with E-state index >= 15 is 0 Å². The molecule has 0 spiro atoms. The van der Waals surface area contributed by atoms with Crippen LogP contribution in [0.3, 0.4) is 0 Å². The van der Waals surface area contributed by atoms with Crippen molar-refractivity contribution in [2.75, 3.05) is 26.7 Å². The van der Waals surface area contributed by atoms with Crippen LogP contribution < -0.4 is 5.73 Å². The maximum absolute atomic E-state index is 12.2. The maximum Gasteiger partial charge on any atom is 0.406 e. The van der Waals surface area contributed by atoms with E-state index in [-0.39, 0.29) is 6.54 Å². The van der Waals surface area contributed by atoms with Crippen LogP contribution in [-0.2, 0) is 9.59 Å². The summed E-state index contributed by atoms with van der Waals surface area (Å²) in [6, 6.07) is -0.558. The van der Waals surface area contributed by atoms with Crippen LogP contribution in [0.5, 0.6) is 0 Å². The second kappa shape index (κ2) is 6.23. The van der Waals surface area contributed by atoms with Gasteiger partial charge < -0.3 is 10.6 Å². The number of likely N-dealkylation sites (N-methyl/N-ethyl adjacent to an activating group) is 1. The molecule has 1 aliphatic heterocycles. The Morgan fingerprint density at radius 1 is 1.37 bits per heavy atom. The minimum atomic E-state index is -4.42. The van der Waals surface area contributed by atoms with Gasteiger partial charge in [-0.25, -0.2) is 0 Å². The number of amides is 2. The van der Waals surface area contributed by atoms with Gasteiger partial charge in [-0.1, -0.05) is 6.42 Å². The molecule has 1 heterocycles. The molecule has 1 aliphatic rings. The second-order valence-electron chi connectivity index (χ2n) is 4.75. The minimum absolute atomic E-state index is 0.208. The average Bonchev–Trinajstić information content (AvgIpc) is 2.27. The molecule has 8 heteroatoms. The number of hydrogen-bond donors (Lipinski definition) is 1. The first kappa shape index (κ1) is 15.7. The van der Waals surface area contributed by atoms with Crippen LogP contribution in [0, 0.1) is 0 Å². The molecule has 0 aromatic rings. The van der Waals surface area contributed by atoms with Crippen LogP contribution >= 0.6 is 0 Å². The van der Waals surface area contributed by atoms with Gasteiger partial charge in [0.2, 0.25) is 11.8 Å². The summed E-state index contributed by atoms with van der Waals surface area (Å²) in [5.74, 6) is -1.20. The van der Waals surface area contributed by atoms with Gasteiger partial charge in [0.05, 0.1) is 12.6 Å². The number of rotatable bonds is 4. The van der Waals surface area contributed by atoms with E-state index in [0.29, 0.717) is 17.9 Å². The Hall–Kier alpha value is -1.31. The number of hydrogen-bond acceptors (Lipinski definition) is 3. The Morgan fingerprint density at radius 2 is 2.00 bits per heavy atom. The van der Waals surface area contributed by atoms with Crippen molar-refractivity contribution in [3.05, 3.63) is 0 Å². The molecule has 1 saturated heterocycles. The Labute approximate surface area is 109 Å². The number of halogens is 3. The Bertz CT molecular complexity index is 347. The number of nitrogens with zero attached hydrogens (tertiary/aromatic N) is 2. The lowest BCUT2D eigenvalue weighted by molar-refractivity contribution is -0.159. The SMILES string of the molecule is CN(CC(F)(F)F)C(=O)CN1CCCCC1C(N)=O. The summed E-state index contributed by atoms with van der Waals surface area (Å²) in [4.78, 5) is 25.1. The number of likely N-dealkylation sites (tertiary alicyclic amines) is 1. The van der Waals surface area contributed by atoms with E-state index in [2.05, 4.69) is 0 Å². The molecule has 0 saturated carbocycles. The fourth-order valence-electron chi connectivity index (χ4n) is 2.15. The molecule has 1 fully saturated rings. The monoisotopic (exact) mass is 281 g/mol. The molecule has 5 nitrogen and oxygen atoms in total. The van der Waals surface area contributed by atoms with Gasteiger partial charge in [-0.05, 0) is 19.4 Å². The van der Waals surface area contributed by atoms with Crippen LogP contribution in [0.2, 0.25) is 0 Å². The van der Waals surface area contributed by atoms with Crippen molar-refractivity contribution in [1.82, 2.24) is 9.80 Å². The predicted octanol–water partition coefficient (Wildman–Crippen LogP) is 0.347. The highest BCUT2D eigenvalue weighted by Gasteiger charge is 2.33. The molecule has 110 valence electrons. The molecule has 2 amide bonds. The molecular formula is C11H18F3N3O2. The summed E-state index contributed by atoms with van der Waals surface area (Å²) < 4.78 is 36.5. The first-order valence-electron chi connectivity index (χ1n) is 6.05. The third-order valence-electron chi connectivity index (χ3n) is 3.12. The summed E-state index contributed by atoms with van der Waals surface area (Å²) in [5, 5.41) is 0. The van der Waals surface area contributed by atoms with Crippen molar-refractivity contribution in [2.24, 2.45) is 5.73 Å². The summed E-state index contributed by atoms with van der Waals surface area (Å²) in [7, 11) is 1.10. The van der Waals surface area contributed by atoms with E-state index in [4.69, 9.17) is 5.73 Å². The lowest BCUT2D eigenvalue weighted by Gasteiger charge is -2.34. The summed E-state index contributed by atoms with van der Waals surface area (Å²) in [6.07, 6.45) is -2.24. The first-order valence-corrected chi connectivity index (χ1v) is 6.05. The largest absolute Gasteiger partial charge is 0.406 e. The van der Waals surface area contributed by atoms with Crippen LogP contribution in [0.4, 0.5) is 13.2 Å². The van der Waals surface area contributed by atoms with Gasteiger partial charge in [0, 0.05) is 7.05 Å². The quantitative estimate of drug-likeness (QED) is 0.808. The average molecular weight is 281 g/mol. The standard InChI is InChI=1S/C11H18F3N3O2/c1-16(7-11(12,13)14)9(18)6-17-5-3-2-4-8(17)10(15)19/h8H,2-7H2,1H3,(H2,15,19). The zero-order valence-corrected chi connectivity index (χ0v) is 10.7. The zero-order valence-electron chi connectivity index (χ0n) is 10.7. The smallest absolute Gasteiger partial charge is 0.368 e. The second-order valence-corrected chi connectivity index (χ2v) is 4.75. The minimum Gasteiger partial charge on any atom is -0.368 e. The lowest BCUT2D eigenvalue weighted by Crippen LogP contribution is -2.52. The Balaban J connectivity index is 2.56. The normalized spacial score (nSPS) is 21.2. The van der Waals surface area contributed by atoms with Gasteiger partial charge in [0.25, 0.3) is 0 Å². The van der Waals surface area contributed by atoms with Gasteiger partial charge in [-0.15, -0.1) is 0 Å². The molecule has 19 heavy (non-hydrogen) atoms. The van der Waals surface area contributed by atoms with Gasteiger partial charge in [-0.2, -0.15) is 13.2 Å². The van der Waals surface area contributed by atoms with E-state index in [1.165, 1.54) is 0 Å². The molecule has 1 unspecified atom stereocenters. The third kappa shape index (κ3) is 5.06. The Kier molecular flexibility index (Phi) is 5.16. The number of carbonyl (C=O) groups excluding carboxylic acids is 2. The topological polar surface area (TPSA) is 66.6 Å². The molecule has 2 N–H and O–H groups in total. The summed E-state index contributed by atoms with van der Waals surface area (Å²) in [6.45, 7) is -1.000. The van der Waals surface area contributed by atoms with E-state index < -0.39 is 30.6 Å². The van der Waals surface area contributed by atoms with Crippen molar-refractivity contribution in [2.45, 2.75) is 31.5 Å². The number of nitrogens with two attached hydrogens (primary N) is 1. The lowest BCUT2D eigenvalue weighted by atomic mass is 10.0. The van der Waals surface area contributed by atoms with Crippen molar-refractivity contribution in [3.8, 4) is 0 Å². The van der Waals surface area contributed by atoms with Crippen LogP contribution in [0.1, 0.15) is 19.3 Å². The van der Waals surface area contributed by atoms with Crippen LogP contribution in [-0.4, -0.2) is 60.5 Å². The molecule has 0 aliphatic carbocycles. The van der Waals surface area contributed by atoms with E-state index in [0.717, 1.165) is 19.9 Å².